The van der Waals surface area contributed by atoms with Gasteiger partial charge in [0.05, 0.1) is 0 Å². The summed E-state index contributed by atoms with van der Waals surface area (Å²) in [6, 6.07) is 20.0. The molecule has 0 unspecified atom stereocenters. The first-order valence-corrected chi connectivity index (χ1v) is 10.9. The second kappa shape index (κ2) is 10.6. The third kappa shape index (κ3) is 5.98. The Morgan fingerprint density at radius 2 is 1.56 bits per heavy atom. The number of hydrogen-bond acceptors (Lipinski definition) is 5. The summed E-state index contributed by atoms with van der Waals surface area (Å²) in [5, 5.41) is 0. The molecule has 2 aromatic carbocycles. The summed E-state index contributed by atoms with van der Waals surface area (Å²) in [6.07, 6.45) is 3.80. The van der Waals surface area contributed by atoms with Crippen LogP contribution in [0.15, 0.2) is 71.1 Å². The van der Waals surface area contributed by atoms with Gasteiger partial charge in [0.1, 0.15) is 18.1 Å². The summed E-state index contributed by atoms with van der Waals surface area (Å²) in [5.41, 5.74) is 6.46. The number of furan rings is 1. The number of para-hydroxylation sites is 1. The molecule has 2 heterocycles. The lowest BCUT2D eigenvalue weighted by Crippen LogP contribution is -2.41. The van der Waals surface area contributed by atoms with Crippen molar-refractivity contribution in [3.63, 3.8) is 0 Å². The van der Waals surface area contributed by atoms with Crippen molar-refractivity contribution in [3.8, 4) is 5.75 Å². The molecule has 1 aliphatic rings. The Morgan fingerprint density at radius 1 is 0.844 bits per heavy atom. The van der Waals surface area contributed by atoms with Crippen LogP contribution in [-0.2, 0) is 13.2 Å². The van der Waals surface area contributed by atoms with Crippen LogP contribution in [0, 0.1) is 0 Å². The molecule has 2 amide bonds. The largest absolute Gasteiger partial charge is 0.486 e. The number of nitrogens with zero attached hydrogens (tertiary/aromatic N) is 1. The number of piperidine rings is 1. The summed E-state index contributed by atoms with van der Waals surface area (Å²) in [7, 11) is 0. The Balaban J connectivity index is 1.23. The zero-order valence-corrected chi connectivity index (χ0v) is 17.9. The molecule has 32 heavy (non-hydrogen) atoms. The lowest BCUT2D eigenvalue weighted by atomic mass is 10.1. The monoisotopic (exact) mass is 433 g/mol. The number of carbonyl (C=O) groups is 2. The van der Waals surface area contributed by atoms with Gasteiger partial charge in [-0.1, -0.05) is 36.8 Å². The van der Waals surface area contributed by atoms with Crippen molar-refractivity contribution < 1.29 is 18.7 Å². The number of hydrogen-bond donors (Lipinski definition) is 2. The minimum absolute atomic E-state index is 0.0915. The topological polar surface area (TPSA) is 83.8 Å². The maximum atomic E-state index is 12.4. The smallest absolute Gasteiger partial charge is 0.305 e. The van der Waals surface area contributed by atoms with Crippen molar-refractivity contribution in [1.29, 1.82) is 0 Å². The van der Waals surface area contributed by atoms with E-state index in [0.29, 0.717) is 17.1 Å². The van der Waals surface area contributed by atoms with Crippen LogP contribution in [0.3, 0.4) is 0 Å². The second-order valence-corrected chi connectivity index (χ2v) is 7.81. The number of amides is 2. The minimum Gasteiger partial charge on any atom is -0.486 e. The number of ether oxygens (including phenoxy) is 1. The normalized spacial score (nSPS) is 14.0. The van der Waals surface area contributed by atoms with E-state index < -0.39 is 5.91 Å². The molecule has 0 saturated carbocycles. The average Bonchev–Trinajstić information content (AvgIpc) is 3.32. The molecule has 1 aliphatic heterocycles. The third-order valence-corrected chi connectivity index (χ3v) is 5.37. The third-order valence-electron chi connectivity index (χ3n) is 5.37. The minimum atomic E-state index is -0.536. The van der Waals surface area contributed by atoms with Crippen molar-refractivity contribution in [2.45, 2.75) is 32.4 Å². The predicted octanol–water partition coefficient (Wildman–Crippen LogP) is 3.92. The molecule has 0 radical (unpaired) electrons. The summed E-state index contributed by atoms with van der Waals surface area (Å²) in [6.45, 7) is 3.35. The highest BCUT2D eigenvalue weighted by molar-refractivity contribution is 5.97. The van der Waals surface area contributed by atoms with Crippen LogP contribution >= 0.6 is 0 Å². The second-order valence-electron chi connectivity index (χ2n) is 7.81. The van der Waals surface area contributed by atoms with Gasteiger partial charge >= 0.3 is 5.91 Å². The number of hydrazine groups is 1. The Labute approximate surface area is 187 Å². The Morgan fingerprint density at radius 3 is 2.31 bits per heavy atom. The first-order chi connectivity index (χ1) is 15.7. The quantitative estimate of drug-likeness (QED) is 0.552. The van der Waals surface area contributed by atoms with E-state index in [4.69, 9.17) is 9.15 Å². The highest BCUT2D eigenvalue weighted by Gasteiger charge is 2.14. The van der Waals surface area contributed by atoms with Crippen LogP contribution in [0.1, 0.15) is 51.5 Å². The van der Waals surface area contributed by atoms with Crippen LogP contribution in [0.4, 0.5) is 0 Å². The highest BCUT2D eigenvalue weighted by Crippen LogP contribution is 2.15. The van der Waals surface area contributed by atoms with Gasteiger partial charge in [-0.15, -0.1) is 0 Å². The van der Waals surface area contributed by atoms with Crippen molar-refractivity contribution in [2.75, 3.05) is 13.1 Å². The standard InChI is InChI=1S/C25H27N3O4/c29-24(20-11-9-19(10-12-20)17-28-15-5-2-6-16-28)26-27-25(30)23-14-13-22(32-23)18-31-21-7-3-1-4-8-21/h1,3-4,7-14H,2,5-6,15-18H2,(H,26,29)(H,27,30). The maximum absolute atomic E-state index is 12.4. The Bertz CT molecular complexity index is 1020. The van der Waals surface area contributed by atoms with Gasteiger partial charge < -0.3 is 9.15 Å². The fourth-order valence-electron chi connectivity index (χ4n) is 3.63. The molecule has 1 aromatic heterocycles. The molecular weight excluding hydrogens is 406 g/mol. The van der Waals surface area contributed by atoms with Crippen LogP contribution in [-0.4, -0.2) is 29.8 Å². The molecule has 3 aromatic rings. The van der Waals surface area contributed by atoms with Crippen molar-refractivity contribution >= 4 is 11.8 Å². The molecule has 7 heteroatoms. The van der Waals surface area contributed by atoms with Gasteiger partial charge in [0.2, 0.25) is 0 Å². The van der Waals surface area contributed by atoms with Crippen LogP contribution in [0.25, 0.3) is 0 Å². The van der Waals surface area contributed by atoms with Crippen molar-refractivity contribution in [2.24, 2.45) is 0 Å². The zero-order chi connectivity index (χ0) is 22.2. The van der Waals surface area contributed by atoms with E-state index >= 15 is 0 Å². The van der Waals surface area contributed by atoms with E-state index in [1.807, 2.05) is 42.5 Å². The zero-order valence-electron chi connectivity index (χ0n) is 17.9. The molecule has 166 valence electrons. The molecule has 7 nitrogen and oxygen atoms in total. The number of likely N-dealkylation sites (tertiary alicyclic amines) is 1. The summed E-state index contributed by atoms with van der Waals surface area (Å²) >= 11 is 0. The van der Waals surface area contributed by atoms with E-state index in [0.717, 1.165) is 19.6 Å². The fourth-order valence-corrected chi connectivity index (χ4v) is 3.63. The van der Waals surface area contributed by atoms with Gasteiger partial charge in [0, 0.05) is 12.1 Å². The van der Waals surface area contributed by atoms with E-state index in [2.05, 4.69) is 15.8 Å². The lowest BCUT2D eigenvalue weighted by Gasteiger charge is -2.26. The fraction of sp³-hybridized carbons (Fsp3) is 0.280. The van der Waals surface area contributed by atoms with Crippen molar-refractivity contribution in [1.82, 2.24) is 15.8 Å². The molecule has 1 fully saturated rings. The van der Waals surface area contributed by atoms with Crippen molar-refractivity contribution in [3.05, 3.63) is 89.4 Å². The highest BCUT2D eigenvalue weighted by atomic mass is 16.5. The summed E-state index contributed by atoms with van der Waals surface area (Å²) in [4.78, 5) is 27.1. The molecular formula is C25H27N3O4. The SMILES string of the molecule is O=C(NNC(=O)c1ccc(COc2ccccc2)o1)c1ccc(CN2CCCCC2)cc1. The Hall–Kier alpha value is -3.58. The van der Waals surface area contributed by atoms with E-state index in [-0.39, 0.29) is 18.3 Å². The van der Waals surface area contributed by atoms with Gasteiger partial charge in [-0.05, 0) is 67.9 Å². The van der Waals surface area contributed by atoms with Crippen LogP contribution < -0.4 is 15.6 Å². The first-order valence-electron chi connectivity index (χ1n) is 10.9. The number of carbonyl (C=O) groups excluding carboxylic acids is 2. The molecule has 4 rings (SSSR count). The van der Waals surface area contributed by atoms with Gasteiger partial charge in [-0.2, -0.15) is 0 Å². The molecule has 0 atom stereocenters. The summed E-state index contributed by atoms with van der Waals surface area (Å²) in [5.74, 6) is 0.390. The first kappa shape index (κ1) is 21.6. The van der Waals surface area contributed by atoms with Gasteiger partial charge in [0.15, 0.2) is 5.76 Å². The predicted molar refractivity (Wildman–Crippen MR) is 120 cm³/mol. The lowest BCUT2D eigenvalue weighted by molar-refractivity contribution is 0.0828. The van der Waals surface area contributed by atoms with E-state index in [1.165, 1.54) is 24.8 Å². The van der Waals surface area contributed by atoms with Crippen LogP contribution in [0.5, 0.6) is 5.75 Å². The molecule has 2 N–H and O–H groups in total. The molecule has 1 saturated heterocycles. The number of benzene rings is 2. The molecule has 0 bridgehead atoms. The molecule has 0 aliphatic carbocycles. The summed E-state index contributed by atoms with van der Waals surface area (Å²) < 4.78 is 11.1. The average molecular weight is 434 g/mol. The number of nitrogens with one attached hydrogen (secondary N) is 2. The van der Waals surface area contributed by atoms with Gasteiger partial charge in [-0.3, -0.25) is 25.3 Å². The van der Waals surface area contributed by atoms with Crippen LogP contribution in [0.2, 0.25) is 0 Å². The van der Waals surface area contributed by atoms with Gasteiger partial charge in [-0.25, -0.2) is 0 Å². The van der Waals surface area contributed by atoms with E-state index in [9.17, 15) is 9.59 Å². The number of rotatable bonds is 7. The molecule has 0 spiro atoms. The van der Waals surface area contributed by atoms with Gasteiger partial charge in [0.25, 0.3) is 5.91 Å². The Kier molecular flexibility index (Phi) is 7.19. The van der Waals surface area contributed by atoms with E-state index in [1.54, 1.807) is 24.3 Å². The maximum Gasteiger partial charge on any atom is 0.305 e.